The van der Waals surface area contributed by atoms with Crippen LogP contribution in [0.4, 0.5) is 0 Å². The first-order valence-corrected chi connectivity index (χ1v) is 9.54. The third-order valence-electron chi connectivity index (χ3n) is 5.64. The summed E-state index contributed by atoms with van der Waals surface area (Å²) < 4.78 is 5.83. The number of hydrogen-bond donors (Lipinski definition) is 0. The van der Waals surface area contributed by atoms with Gasteiger partial charge >= 0.3 is 0 Å². The van der Waals surface area contributed by atoms with Crippen LogP contribution in [-0.4, -0.2) is 90.3 Å². The molecule has 0 bridgehead atoms. The molecular weight excluding hydrogens is 332 g/mol. The Balaban J connectivity index is 1.71. The fourth-order valence-electron chi connectivity index (χ4n) is 3.82. The SMILES string of the molecule is CCN(CC)Cc1cc(C(=O)N2CCN3CCN(C)C(=O)[C@@H]3C2)c(C)o1. The summed E-state index contributed by atoms with van der Waals surface area (Å²) in [5, 5.41) is 0. The molecule has 7 heteroatoms. The van der Waals surface area contributed by atoms with Gasteiger partial charge in [0.15, 0.2) is 0 Å². The highest BCUT2D eigenvalue weighted by Crippen LogP contribution is 2.22. The van der Waals surface area contributed by atoms with Gasteiger partial charge in [-0.3, -0.25) is 19.4 Å². The Bertz CT molecular complexity index is 668. The molecule has 2 amide bonds. The maximum atomic E-state index is 13.0. The molecule has 7 nitrogen and oxygen atoms in total. The number of fused-ring (bicyclic) bond motifs is 1. The number of carbonyl (C=O) groups is 2. The van der Waals surface area contributed by atoms with Crippen molar-refractivity contribution in [3.05, 3.63) is 23.2 Å². The van der Waals surface area contributed by atoms with E-state index in [1.165, 1.54) is 0 Å². The van der Waals surface area contributed by atoms with Crippen LogP contribution in [0.1, 0.15) is 35.7 Å². The molecule has 0 radical (unpaired) electrons. The zero-order valence-electron chi connectivity index (χ0n) is 16.3. The number of likely N-dealkylation sites (N-methyl/N-ethyl adjacent to an activating group) is 1. The fraction of sp³-hybridized carbons (Fsp3) is 0.684. The van der Waals surface area contributed by atoms with Crippen LogP contribution >= 0.6 is 0 Å². The molecule has 26 heavy (non-hydrogen) atoms. The normalized spacial score (nSPS) is 21.4. The predicted molar refractivity (Wildman–Crippen MR) is 99.0 cm³/mol. The number of piperazine rings is 2. The smallest absolute Gasteiger partial charge is 0.257 e. The van der Waals surface area contributed by atoms with Gasteiger partial charge in [0.05, 0.1) is 12.1 Å². The highest BCUT2D eigenvalue weighted by Gasteiger charge is 2.39. The topological polar surface area (TPSA) is 60.2 Å². The van der Waals surface area contributed by atoms with E-state index in [0.717, 1.165) is 38.5 Å². The van der Waals surface area contributed by atoms with Crippen LogP contribution < -0.4 is 0 Å². The molecule has 2 aliphatic rings. The monoisotopic (exact) mass is 362 g/mol. The van der Waals surface area contributed by atoms with E-state index < -0.39 is 0 Å². The molecule has 2 aliphatic heterocycles. The van der Waals surface area contributed by atoms with Crippen molar-refractivity contribution in [1.82, 2.24) is 19.6 Å². The molecule has 2 fully saturated rings. The largest absolute Gasteiger partial charge is 0.464 e. The molecule has 0 aromatic carbocycles. The standard InChI is InChI=1S/C19H30N4O3/c1-5-21(6-2)12-15-11-16(14(3)26-15)18(24)23-10-9-22-8-7-20(4)19(25)17(22)13-23/h11,17H,5-10,12-13H2,1-4H3/t17-/m0/s1. The molecule has 144 valence electrons. The first-order valence-electron chi connectivity index (χ1n) is 9.54. The Morgan fingerprint density at radius 1 is 1.23 bits per heavy atom. The van der Waals surface area contributed by atoms with Gasteiger partial charge in [-0.25, -0.2) is 0 Å². The van der Waals surface area contributed by atoms with E-state index in [1.807, 2.05) is 20.0 Å². The maximum absolute atomic E-state index is 13.0. The highest BCUT2D eigenvalue weighted by molar-refractivity contribution is 5.96. The van der Waals surface area contributed by atoms with Gasteiger partial charge in [0, 0.05) is 39.8 Å². The number of nitrogens with zero attached hydrogens (tertiary/aromatic N) is 4. The average Bonchev–Trinajstić information content (AvgIpc) is 3.02. The molecule has 0 saturated carbocycles. The summed E-state index contributed by atoms with van der Waals surface area (Å²) in [6, 6.07) is 1.66. The molecule has 1 aromatic rings. The van der Waals surface area contributed by atoms with Gasteiger partial charge in [0.25, 0.3) is 5.91 Å². The number of aryl methyl sites for hydroxylation is 1. The molecule has 0 aliphatic carbocycles. The zero-order valence-corrected chi connectivity index (χ0v) is 16.3. The lowest BCUT2D eigenvalue weighted by molar-refractivity contribution is -0.142. The van der Waals surface area contributed by atoms with Crippen LogP contribution in [0, 0.1) is 6.92 Å². The van der Waals surface area contributed by atoms with Gasteiger partial charge < -0.3 is 14.2 Å². The summed E-state index contributed by atoms with van der Waals surface area (Å²) in [7, 11) is 1.83. The lowest BCUT2D eigenvalue weighted by Crippen LogP contribution is -2.64. The van der Waals surface area contributed by atoms with E-state index in [1.54, 1.807) is 9.80 Å². The first kappa shape index (κ1) is 18.9. The Morgan fingerprint density at radius 3 is 2.62 bits per heavy atom. The summed E-state index contributed by atoms with van der Waals surface area (Å²) in [5.74, 6) is 1.56. The van der Waals surface area contributed by atoms with Crippen molar-refractivity contribution in [3.8, 4) is 0 Å². The van der Waals surface area contributed by atoms with E-state index in [4.69, 9.17) is 4.42 Å². The van der Waals surface area contributed by atoms with Crippen molar-refractivity contribution in [3.63, 3.8) is 0 Å². The minimum Gasteiger partial charge on any atom is -0.464 e. The van der Waals surface area contributed by atoms with Crippen LogP contribution in [0.2, 0.25) is 0 Å². The summed E-state index contributed by atoms with van der Waals surface area (Å²) in [6.45, 7) is 12.2. The zero-order chi connectivity index (χ0) is 18.8. The molecule has 0 spiro atoms. The minimum absolute atomic E-state index is 0.0299. The van der Waals surface area contributed by atoms with Crippen molar-refractivity contribution in [2.24, 2.45) is 0 Å². The predicted octanol–water partition coefficient (Wildman–Crippen LogP) is 1.03. The molecule has 3 heterocycles. The minimum atomic E-state index is -0.214. The summed E-state index contributed by atoms with van der Waals surface area (Å²) in [5.41, 5.74) is 0.622. The molecule has 1 atom stereocenters. The number of furan rings is 1. The van der Waals surface area contributed by atoms with E-state index in [2.05, 4.69) is 23.6 Å². The van der Waals surface area contributed by atoms with Crippen LogP contribution in [0.25, 0.3) is 0 Å². The third-order valence-corrected chi connectivity index (χ3v) is 5.64. The first-order chi connectivity index (χ1) is 12.4. The summed E-state index contributed by atoms with van der Waals surface area (Å²) in [4.78, 5) is 33.5. The number of rotatable bonds is 5. The van der Waals surface area contributed by atoms with Crippen LogP contribution in [-0.2, 0) is 11.3 Å². The van der Waals surface area contributed by atoms with Crippen LogP contribution in [0.5, 0.6) is 0 Å². The summed E-state index contributed by atoms with van der Waals surface area (Å²) >= 11 is 0. The van der Waals surface area contributed by atoms with Crippen molar-refractivity contribution in [2.45, 2.75) is 33.4 Å². The molecule has 0 unspecified atom stereocenters. The van der Waals surface area contributed by atoms with E-state index in [9.17, 15) is 9.59 Å². The lowest BCUT2D eigenvalue weighted by Gasteiger charge is -2.45. The van der Waals surface area contributed by atoms with Crippen molar-refractivity contribution < 1.29 is 14.0 Å². The van der Waals surface area contributed by atoms with E-state index in [-0.39, 0.29) is 17.9 Å². The van der Waals surface area contributed by atoms with Gasteiger partial charge in [-0.2, -0.15) is 0 Å². The number of hydrogen-bond acceptors (Lipinski definition) is 5. The average molecular weight is 362 g/mol. The van der Waals surface area contributed by atoms with Crippen LogP contribution in [0.15, 0.2) is 10.5 Å². The van der Waals surface area contributed by atoms with Gasteiger partial charge in [-0.05, 0) is 26.1 Å². The van der Waals surface area contributed by atoms with Gasteiger partial charge in [-0.15, -0.1) is 0 Å². The number of carbonyl (C=O) groups excluding carboxylic acids is 2. The Kier molecular flexibility index (Phi) is 5.67. The third kappa shape index (κ3) is 3.64. The second-order valence-electron chi connectivity index (χ2n) is 7.21. The van der Waals surface area contributed by atoms with E-state index >= 15 is 0 Å². The Labute approximate surface area is 155 Å². The van der Waals surface area contributed by atoms with Gasteiger partial charge in [0.2, 0.25) is 5.91 Å². The molecular formula is C19H30N4O3. The van der Waals surface area contributed by atoms with Crippen LogP contribution in [0.3, 0.4) is 0 Å². The Hall–Kier alpha value is -1.86. The second-order valence-corrected chi connectivity index (χ2v) is 7.21. The van der Waals surface area contributed by atoms with Crippen molar-refractivity contribution in [2.75, 3.05) is 52.9 Å². The quantitative estimate of drug-likeness (QED) is 0.783. The Morgan fingerprint density at radius 2 is 1.92 bits per heavy atom. The lowest BCUT2D eigenvalue weighted by atomic mass is 10.1. The second kappa shape index (κ2) is 7.80. The maximum Gasteiger partial charge on any atom is 0.257 e. The highest BCUT2D eigenvalue weighted by atomic mass is 16.3. The molecule has 1 aromatic heterocycles. The fourth-order valence-corrected chi connectivity index (χ4v) is 3.82. The summed E-state index contributed by atoms with van der Waals surface area (Å²) in [6.07, 6.45) is 0. The van der Waals surface area contributed by atoms with Crippen molar-refractivity contribution >= 4 is 11.8 Å². The van der Waals surface area contributed by atoms with Crippen molar-refractivity contribution in [1.29, 1.82) is 0 Å². The molecule has 3 rings (SSSR count). The van der Waals surface area contributed by atoms with Gasteiger partial charge in [-0.1, -0.05) is 13.8 Å². The molecule has 2 saturated heterocycles. The number of amides is 2. The van der Waals surface area contributed by atoms with Gasteiger partial charge in [0.1, 0.15) is 17.6 Å². The van der Waals surface area contributed by atoms with E-state index in [0.29, 0.717) is 31.0 Å². The molecule has 0 N–H and O–H groups in total.